The fourth-order valence-electron chi connectivity index (χ4n) is 3.89. The lowest BCUT2D eigenvalue weighted by Gasteiger charge is -2.26. The summed E-state index contributed by atoms with van der Waals surface area (Å²) in [7, 11) is 0. The maximum Gasteiger partial charge on any atom is 0.287 e. The molecule has 168 valence electrons. The SMILES string of the molecule is Cc1ccc(-n2nc(C(=O)NN3CCCCC3)c(C#N)c2-c2ccc(CCC#N)s2)c(Cl)c1. The standard InChI is InChI=1S/C24H23ClN6OS/c1-16-7-9-20(19(25)14-16)31-23(21-10-8-17(33-21)6-5-11-26)18(15-27)22(28-31)24(32)29-30-12-3-2-4-13-30/h7-10,14H,2-6,12-13H2,1H3,(H,29,32). The molecule has 0 aliphatic carbocycles. The average molecular weight is 479 g/mol. The number of nitrogens with zero attached hydrogens (tertiary/aromatic N) is 5. The third kappa shape index (κ3) is 4.94. The zero-order valence-electron chi connectivity index (χ0n) is 18.3. The molecule has 3 aromatic rings. The van der Waals surface area contributed by atoms with Gasteiger partial charge in [-0.3, -0.25) is 10.2 Å². The number of hydrogen-bond donors (Lipinski definition) is 1. The van der Waals surface area contributed by atoms with Gasteiger partial charge in [0.15, 0.2) is 5.69 Å². The monoisotopic (exact) mass is 478 g/mol. The van der Waals surface area contributed by atoms with Gasteiger partial charge in [-0.15, -0.1) is 11.3 Å². The van der Waals surface area contributed by atoms with Gasteiger partial charge < -0.3 is 0 Å². The van der Waals surface area contributed by atoms with Crippen molar-refractivity contribution in [3.8, 4) is 28.4 Å². The van der Waals surface area contributed by atoms with Crippen LogP contribution in [-0.2, 0) is 6.42 Å². The summed E-state index contributed by atoms with van der Waals surface area (Å²) in [5, 5.41) is 25.9. The maximum absolute atomic E-state index is 13.2. The summed E-state index contributed by atoms with van der Waals surface area (Å²) in [6.07, 6.45) is 4.23. The van der Waals surface area contributed by atoms with Crippen LogP contribution in [-0.4, -0.2) is 33.8 Å². The molecular formula is C24H23ClN6OS. The number of nitrogens with one attached hydrogen (secondary N) is 1. The van der Waals surface area contributed by atoms with E-state index in [2.05, 4.69) is 22.7 Å². The van der Waals surface area contributed by atoms with E-state index in [0.29, 0.717) is 29.2 Å². The normalized spacial score (nSPS) is 13.9. The smallest absolute Gasteiger partial charge is 0.283 e. The molecule has 1 aromatic carbocycles. The lowest BCUT2D eigenvalue weighted by molar-refractivity contribution is 0.0744. The minimum Gasteiger partial charge on any atom is -0.283 e. The van der Waals surface area contributed by atoms with Crippen molar-refractivity contribution in [2.24, 2.45) is 0 Å². The third-order valence-electron chi connectivity index (χ3n) is 5.54. The molecule has 4 rings (SSSR count). The quantitative estimate of drug-likeness (QED) is 0.536. The van der Waals surface area contributed by atoms with Gasteiger partial charge >= 0.3 is 0 Å². The summed E-state index contributed by atoms with van der Waals surface area (Å²) >= 11 is 8.04. The third-order valence-corrected chi connectivity index (χ3v) is 6.99. The van der Waals surface area contributed by atoms with Crippen LogP contribution >= 0.6 is 22.9 Å². The van der Waals surface area contributed by atoms with Crippen molar-refractivity contribution >= 4 is 28.8 Å². The zero-order valence-corrected chi connectivity index (χ0v) is 19.8. The Bertz CT molecular complexity index is 1260. The molecule has 0 saturated carbocycles. The van der Waals surface area contributed by atoms with E-state index in [-0.39, 0.29) is 11.3 Å². The van der Waals surface area contributed by atoms with Crippen LogP contribution in [0.2, 0.25) is 5.02 Å². The van der Waals surface area contributed by atoms with E-state index >= 15 is 0 Å². The molecule has 3 heterocycles. The van der Waals surface area contributed by atoms with E-state index in [1.54, 1.807) is 4.68 Å². The van der Waals surface area contributed by atoms with Crippen LogP contribution in [0.25, 0.3) is 16.3 Å². The van der Waals surface area contributed by atoms with Gasteiger partial charge in [0.2, 0.25) is 0 Å². The first-order valence-corrected chi connectivity index (χ1v) is 12.0. The van der Waals surface area contributed by atoms with Crippen LogP contribution in [0.3, 0.4) is 0 Å². The predicted molar refractivity (Wildman–Crippen MR) is 128 cm³/mol. The highest BCUT2D eigenvalue weighted by atomic mass is 35.5. The van der Waals surface area contributed by atoms with Gasteiger partial charge in [-0.1, -0.05) is 24.1 Å². The molecule has 1 aliphatic rings. The number of thiophene rings is 1. The van der Waals surface area contributed by atoms with E-state index in [9.17, 15) is 10.1 Å². The first-order valence-electron chi connectivity index (χ1n) is 10.8. The first kappa shape index (κ1) is 23.0. The fourth-order valence-corrected chi connectivity index (χ4v) is 5.25. The lowest BCUT2D eigenvalue weighted by Crippen LogP contribution is -2.45. The Morgan fingerprint density at radius 3 is 2.70 bits per heavy atom. The number of nitriles is 2. The zero-order chi connectivity index (χ0) is 23.4. The van der Waals surface area contributed by atoms with Crippen LogP contribution in [0.15, 0.2) is 30.3 Å². The van der Waals surface area contributed by atoms with E-state index in [4.69, 9.17) is 16.9 Å². The number of hydrogen-bond acceptors (Lipinski definition) is 6. The summed E-state index contributed by atoms with van der Waals surface area (Å²) < 4.78 is 1.59. The summed E-state index contributed by atoms with van der Waals surface area (Å²) in [5.74, 6) is -0.405. The number of piperidine rings is 1. The van der Waals surface area contributed by atoms with Crippen molar-refractivity contribution in [1.82, 2.24) is 20.2 Å². The topological polar surface area (TPSA) is 97.7 Å². The molecule has 9 heteroatoms. The largest absolute Gasteiger partial charge is 0.287 e. The molecular weight excluding hydrogens is 456 g/mol. The van der Waals surface area contributed by atoms with Crippen LogP contribution in [0, 0.1) is 29.6 Å². The van der Waals surface area contributed by atoms with E-state index in [0.717, 1.165) is 47.7 Å². The highest BCUT2D eigenvalue weighted by molar-refractivity contribution is 7.15. The fraction of sp³-hybridized carbons (Fsp3) is 0.333. The minimum atomic E-state index is -0.405. The van der Waals surface area contributed by atoms with Gasteiger partial charge in [0.05, 0.1) is 21.7 Å². The van der Waals surface area contributed by atoms with Crippen LogP contribution < -0.4 is 5.43 Å². The van der Waals surface area contributed by atoms with Gasteiger partial charge in [0.25, 0.3) is 5.91 Å². The summed E-state index contributed by atoms with van der Waals surface area (Å²) in [5.41, 5.74) is 5.31. The summed E-state index contributed by atoms with van der Waals surface area (Å²) in [4.78, 5) is 15.0. The van der Waals surface area contributed by atoms with Gasteiger partial charge in [-0.2, -0.15) is 15.6 Å². The number of aromatic nitrogens is 2. The molecule has 1 N–H and O–H groups in total. The molecule has 1 saturated heterocycles. The van der Waals surface area contributed by atoms with E-state index in [1.807, 2.05) is 42.3 Å². The predicted octanol–water partition coefficient (Wildman–Crippen LogP) is 5.02. The van der Waals surface area contributed by atoms with E-state index < -0.39 is 5.91 Å². The molecule has 1 fully saturated rings. The second kappa shape index (κ2) is 10.2. The molecule has 0 spiro atoms. The van der Waals surface area contributed by atoms with Crippen molar-refractivity contribution in [3.05, 3.63) is 57.1 Å². The number of benzene rings is 1. The first-order chi connectivity index (χ1) is 16.0. The number of carbonyl (C=O) groups is 1. The van der Waals surface area contributed by atoms with Gasteiger partial charge in [-0.05, 0) is 56.0 Å². The second-order valence-electron chi connectivity index (χ2n) is 7.96. The number of hydrazine groups is 1. The Hall–Kier alpha value is -3.17. The number of aryl methyl sites for hydroxylation is 2. The summed E-state index contributed by atoms with van der Waals surface area (Å²) in [6.45, 7) is 3.49. The number of rotatable bonds is 6. The van der Waals surface area contributed by atoms with E-state index in [1.165, 1.54) is 11.3 Å². The van der Waals surface area contributed by atoms with Crippen molar-refractivity contribution < 1.29 is 4.79 Å². The van der Waals surface area contributed by atoms with Crippen LogP contribution in [0.5, 0.6) is 0 Å². The second-order valence-corrected chi connectivity index (χ2v) is 9.54. The molecule has 0 atom stereocenters. The van der Waals surface area contributed by atoms with Crippen molar-refractivity contribution in [2.75, 3.05) is 13.1 Å². The Morgan fingerprint density at radius 1 is 1.21 bits per heavy atom. The van der Waals surface area contributed by atoms with Crippen molar-refractivity contribution in [3.63, 3.8) is 0 Å². The highest BCUT2D eigenvalue weighted by Crippen LogP contribution is 2.36. The average Bonchev–Trinajstić information content (AvgIpc) is 3.42. The molecule has 7 nitrogen and oxygen atoms in total. The number of halogens is 1. The van der Waals surface area contributed by atoms with Gasteiger partial charge in [0.1, 0.15) is 17.3 Å². The van der Waals surface area contributed by atoms with Crippen molar-refractivity contribution in [2.45, 2.75) is 39.0 Å². The molecule has 0 bridgehead atoms. The molecule has 2 aromatic heterocycles. The Kier molecular flexibility index (Phi) is 7.10. The molecule has 1 amide bonds. The molecule has 0 unspecified atom stereocenters. The van der Waals surface area contributed by atoms with Crippen molar-refractivity contribution in [1.29, 1.82) is 10.5 Å². The van der Waals surface area contributed by atoms with Gasteiger partial charge in [-0.25, -0.2) is 9.69 Å². The Labute approximate surface area is 201 Å². The number of amides is 1. The Morgan fingerprint density at radius 2 is 2.00 bits per heavy atom. The van der Waals surface area contributed by atoms with Crippen LogP contribution in [0.4, 0.5) is 0 Å². The minimum absolute atomic E-state index is 0.0710. The van der Waals surface area contributed by atoms with Gasteiger partial charge in [0, 0.05) is 24.4 Å². The highest BCUT2D eigenvalue weighted by Gasteiger charge is 2.28. The molecule has 1 aliphatic heterocycles. The molecule has 33 heavy (non-hydrogen) atoms. The molecule has 0 radical (unpaired) electrons. The number of carbonyl (C=O) groups excluding carboxylic acids is 1. The lowest BCUT2D eigenvalue weighted by atomic mass is 10.1. The maximum atomic E-state index is 13.2. The van der Waals surface area contributed by atoms with Crippen LogP contribution in [0.1, 0.15) is 52.2 Å². The summed E-state index contributed by atoms with van der Waals surface area (Å²) in [6, 6.07) is 13.8. The Balaban J connectivity index is 1.82.